The monoisotopic (exact) mass is 267 g/mol. The molecule has 1 saturated carbocycles. The van der Waals surface area contributed by atoms with Crippen molar-refractivity contribution in [3.05, 3.63) is 35.4 Å². The van der Waals surface area contributed by atoms with Gasteiger partial charge < -0.3 is 5.73 Å². The summed E-state index contributed by atoms with van der Waals surface area (Å²) >= 11 is 0. The van der Waals surface area contributed by atoms with Crippen molar-refractivity contribution in [2.75, 3.05) is 6.54 Å². The predicted molar refractivity (Wildman–Crippen MR) is 73.8 cm³/mol. The Morgan fingerprint density at radius 2 is 1.74 bits per heavy atom. The molecule has 0 unspecified atom stereocenters. The minimum atomic E-state index is -0.521. The van der Waals surface area contributed by atoms with Crippen LogP contribution in [0.2, 0.25) is 0 Å². The molecule has 0 aromatic heterocycles. The van der Waals surface area contributed by atoms with Crippen LogP contribution in [-0.4, -0.2) is 6.54 Å². The van der Waals surface area contributed by atoms with E-state index in [2.05, 4.69) is 13.8 Å². The highest BCUT2D eigenvalue weighted by Crippen LogP contribution is 2.46. The van der Waals surface area contributed by atoms with Crippen LogP contribution in [0.4, 0.5) is 8.78 Å². The lowest BCUT2D eigenvalue weighted by Crippen LogP contribution is -2.39. The van der Waals surface area contributed by atoms with E-state index in [1.807, 2.05) is 0 Å². The normalized spacial score (nSPS) is 21.3. The van der Waals surface area contributed by atoms with E-state index in [1.165, 1.54) is 6.07 Å². The van der Waals surface area contributed by atoms with Crippen LogP contribution in [0.3, 0.4) is 0 Å². The molecular formula is C16H23F2N. The zero-order valence-electron chi connectivity index (χ0n) is 11.8. The van der Waals surface area contributed by atoms with E-state index in [1.54, 1.807) is 6.07 Å². The van der Waals surface area contributed by atoms with Crippen LogP contribution < -0.4 is 5.73 Å². The maximum atomic E-state index is 13.8. The SMILES string of the molecule is CC1(C)CCC(CN)(Cc2ccc(F)cc2F)CC1. The third-order valence-corrected chi connectivity index (χ3v) is 4.68. The fourth-order valence-corrected chi connectivity index (χ4v) is 2.98. The smallest absolute Gasteiger partial charge is 0.129 e. The lowest BCUT2D eigenvalue weighted by molar-refractivity contribution is 0.107. The molecule has 2 rings (SSSR count). The van der Waals surface area contributed by atoms with Gasteiger partial charge in [0.25, 0.3) is 0 Å². The summed E-state index contributed by atoms with van der Waals surface area (Å²) < 4.78 is 26.7. The lowest BCUT2D eigenvalue weighted by Gasteiger charge is -2.43. The molecule has 1 fully saturated rings. The van der Waals surface area contributed by atoms with E-state index in [0.717, 1.165) is 31.7 Å². The number of hydrogen-bond acceptors (Lipinski definition) is 1. The first-order valence-corrected chi connectivity index (χ1v) is 7.00. The molecule has 2 N–H and O–H groups in total. The molecule has 0 radical (unpaired) electrons. The van der Waals surface area contributed by atoms with Gasteiger partial charge in [0.15, 0.2) is 0 Å². The molecule has 1 aromatic rings. The predicted octanol–water partition coefficient (Wildman–Crippen LogP) is 4.05. The number of rotatable bonds is 3. The fourth-order valence-electron chi connectivity index (χ4n) is 2.98. The van der Waals surface area contributed by atoms with Crippen molar-refractivity contribution in [1.29, 1.82) is 0 Å². The summed E-state index contributed by atoms with van der Waals surface area (Å²) in [6, 6.07) is 3.85. The van der Waals surface area contributed by atoms with Crippen molar-refractivity contribution in [2.45, 2.75) is 46.0 Å². The Kier molecular flexibility index (Phi) is 3.95. The van der Waals surface area contributed by atoms with Crippen molar-refractivity contribution in [3.8, 4) is 0 Å². The van der Waals surface area contributed by atoms with Gasteiger partial charge in [0.05, 0.1) is 0 Å². The summed E-state index contributed by atoms with van der Waals surface area (Å²) in [7, 11) is 0. The third kappa shape index (κ3) is 3.33. The zero-order chi connectivity index (χ0) is 14.1. The Morgan fingerprint density at radius 1 is 1.11 bits per heavy atom. The van der Waals surface area contributed by atoms with Gasteiger partial charge in [-0.1, -0.05) is 19.9 Å². The molecule has 106 valence electrons. The van der Waals surface area contributed by atoms with Gasteiger partial charge in [0.1, 0.15) is 11.6 Å². The van der Waals surface area contributed by atoms with Crippen molar-refractivity contribution in [1.82, 2.24) is 0 Å². The Balaban J connectivity index is 2.15. The van der Waals surface area contributed by atoms with Crippen LogP contribution in [0.1, 0.15) is 45.1 Å². The maximum absolute atomic E-state index is 13.8. The summed E-state index contributed by atoms with van der Waals surface area (Å²) in [6.07, 6.45) is 4.90. The Labute approximate surface area is 114 Å². The molecule has 1 nitrogen and oxygen atoms in total. The largest absolute Gasteiger partial charge is 0.330 e. The van der Waals surface area contributed by atoms with Crippen molar-refractivity contribution in [3.63, 3.8) is 0 Å². The Morgan fingerprint density at radius 3 is 2.26 bits per heavy atom. The maximum Gasteiger partial charge on any atom is 0.129 e. The van der Waals surface area contributed by atoms with Crippen LogP contribution in [-0.2, 0) is 6.42 Å². The number of hydrogen-bond donors (Lipinski definition) is 1. The topological polar surface area (TPSA) is 26.0 Å². The van der Waals surface area contributed by atoms with Gasteiger partial charge >= 0.3 is 0 Å². The highest BCUT2D eigenvalue weighted by molar-refractivity contribution is 5.20. The minimum absolute atomic E-state index is 0.0197. The molecule has 0 spiro atoms. The van der Waals surface area contributed by atoms with Crippen LogP contribution in [0.25, 0.3) is 0 Å². The fraction of sp³-hybridized carbons (Fsp3) is 0.625. The molecule has 19 heavy (non-hydrogen) atoms. The van der Waals surface area contributed by atoms with E-state index in [9.17, 15) is 8.78 Å². The third-order valence-electron chi connectivity index (χ3n) is 4.68. The van der Waals surface area contributed by atoms with Crippen LogP contribution in [0.15, 0.2) is 18.2 Å². The first-order valence-electron chi connectivity index (χ1n) is 7.00. The number of halogens is 2. The summed E-state index contributed by atoms with van der Waals surface area (Å²) in [5.41, 5.74) is 6.89. The molecule has 0 saturated heterocycles. The van der Waals surface area contributed by atoms with Crippen molar-refractivity contribution >= 4 is 0 Å². The van der Waals surface area contributed by atoms with E-state index >= 15 is 0 Å². The molecule has 0 amide bonds. The molecule has 0 atom stereocenters. The van der Waals surface area contributed by atoms with Gasteiger partial charge in [0, 0.05) is 6.07 Å². The summed E-state index contributed by atoms with van der Waals surface area (Å²) in [5.74, 6) is -0.967. The number of nitrogens with two attached hydrogens (primary N) is 1. The van der Waals surface area contributed by atoms with E-state index in [0.29, 0.717) is 23.9 Å². The molecule has 0 bridgehead atoms. The second kappa shape index (κ2) is 5.20. The molecule has 0 heterocycles. The van der Waals surface area contributed by atoms with E-state index in [4.69, 9.17) is 5.73 Å². The van der Waals surface area contributed by atoms with Crippen LogP contribution in [0, 0.1) is 22.5 Å². The van der Waals surface area contributed by atoms with Gasteiger partial charge in [-0.3, -0.25) is 0 Å². The Hall–Kier alpha value is -0.960. The molecule has 3 heteroatoms. The first-order chi connectivity index (χ1) is 8.86. The van der Waals surface area contributed by atoms with Gasteiger partial charge in [-0.15, -0.1) is 0 Å². The number of benzene rings is 1. The summed E-state index contributed by atoms with van der Waals surface area (Å²) in [6.45, 7) is 5.11. The average Bonchev–Trinajstić information content (AvgIpc) is 2.36. The van der Waals surface area contributed by atoms with Gasteiger partial charge in [-0.2, -0.15) is 0 Å². The summed E-state index contributed by atoms with van der Waals surface area (Å²) in [4.78, 5) is 0. The van der Waals surface area contributed by atoms with E-state index in [-0.39, 0.29) is 5.41 Å². The van der Waals surface area contributed by atoms with Crippen LogP contribution >= 0.6 is 0 Å². The van der Waals surface area contributed by atoms with Crippen molar-refractivity contribution in [2.24, 2.45) is 16.6 Å². The molecule has 1 aliphatic rings. The lowest BCUT2D eigenvalue weighted by atomic mass is 9.63. The highest BCUT2D eigenvalue weighted by atomic mass is 19.1. The molecular weight excluding hydrogens is 244 g/mol. The second-order valence-corrected chi connectivity index (χ2v) is 6.78. The molecule has 1 aliphatic carbocycles. The first kappa shape index (κ1) is 14.4. The van der Waals surface area contributed by atoms with Gasteiger partial charge in [0.2, 0.25) is 0 Å². The quantitative estimate of drug-likeness (QED) is 0.878. The van der Waals surface area contributed by atoms with Crippen LogP contribution in [0.5, 0.6) is 0 Å². The average molecular weight is 267 g/mol. The van der Waals surface area contributed by atoms with Gasteiger partial charge in [-0.05, 0) is 61.1 Å². The Bertz CT molecular complexity index is 444. The molecule has 0 aliphatic heterocycles. The second-order valence-electron chi connectivity index (χ2n) is 6.78. The highest BCUT2D eigenvalue weighted by Gasteiger charge is 2.37. The van der Waals surface area contributed by atoms with E-state index < -0.39 is 11.6 Å². The van der Waals surface area contributed by atoms with Gasteiger partial charge in [-0.25, -0.2) is 8.78 Å². The molecule has 1 aromatic carbocycles. The van der Waals surface area contributed by atoms with Crippen molar-refractivity contribution < 1.29 is 8.78 Å². The zero-order valence-corrected chi connectivity index (χ0v) is 11.8. The minimum Gasteiger partial charge on any atom is -0.330 e. The standard InChI is InChI=1S/C16H23F2N/c1-15(2)5-7-16(11-19,8-6-15)10-12-3-4-13(17)9-14(12)18/h3-4,9H,5-8,10-11,19H2,1-2H3. The summed E-state index contributed by atoms with van der Waals surface area (Å²) in [5, 5.41) is 0.